The Balaban J connectivity index is 1.86. The standard InChI is InChI=1S/C13H16O5S2/c1-3-11-8-13(18-20(15)17-11)6-4-5-12-7-10(2)9-19(14)16-12/h1,10-13H,6-9H2,2H3. The molecule has 0 aliphatic carbocycles. The van der Waals surface area contributed by atoms with Crippen molar-refractivity contribution >= 4 is 22.4 Å². The molecule has 6 atom stereocenters. The van der Waals surface area contributed by atoms with Crippen molar-refractivity contribution in [2.75, 3.05) is 5.75 Å². The maximum absolute atomic E-state index is 11.4. The average Bonchev–Trinajstić information content (AvgIpc) is 2.37. The molecule has 0 spiro atoms. The van der Waals surface area contributed by atoms with Crippen LogP contribution in [-0.4, -0.2) is 32.5 Å². The third kappa shape index (κ3) is 4.69. The van der Waals surface area contributed by atoms with Gasteiger partial charge >= 0.3 is 11.4 Å². The quantitative estimate of drug-likeness (QED) is 0.671. The molecule has 2 saturated heterocycles. The van der Waals surface area contributed by atoms with Crippen LogP contribution in [0.3, 0.4) is 0 Å². The SMILES string of the molecule is C#CC1CC(CC#CC2CC(C)CS(=O)O2)OS(=O)O1. The average molecular weight is 316 g/mol. The summed E-state index contributed by atoms with van der Waals surface area (Å²) in [6, 6.07) is 0. The molecule has 2 rings (SSSR count). The summed E-state index contributed by atoms with van der Waals surface area (Å²) in [4.78, 5) is 0. The van der Waals surface area contributed by atoms with Crippen LogP contribution >= 0.6 is 0 Å². The van der Waals surface area contributed by atoms with Crippen LogP contribution < -0.4 is 0 Å². The molecule has 0 aromatic rings. The summed E-state index contributed by atoms with van der Waals surface area (Å²) >= 11 is -3.06. The first-order valence-electron chi connectivity index (χ1n) is 6.33. The fourth-order valence-corrected chi connectivity index (χ4v) is 3.81. The molecule has 6 unspecified atom stereocenters. The Labute approximate surface area is 124 Å². The molecule has 0 aromatic carbocycles. The van der Waals surface area contributed by atoms with Crippen molar-refractivity contribution in [2.24, 2.45) is 5.92 Å². The van der Waals surface area contributed by atoms with Gasteiger partial charge in [0.25, 0.3) is 0 Å². The Morgan fingerprint density at radius 2 is 2.00 bits per heavy atom. The van der Waals surface area contributed by atoms with E-state index in [1.807, 2.05) is 6.92 Å². The van der Waals surface area contributed by atoms with Crippen molar-refractivity contribution in [1.29, 1.82) is 0 Å². The van der Waals surface area contributed by atoms with Gasteiger partial charge in [-0.2, -0.15) is 4.21 Å². The monoisotopic (exact) mass is 316 g/mol. The summed E-state index contributed by atoms with van der Waals surface area (Å²) < 4.78 is 37.9. The Morgan fingerprint density at radius 1 is 1.20 bits per heavy atom. The zero-order valence-electron chi connectivity index (χ0n) is 11.1. The largest absolute Gasteiger partial charge is 0.306 e. The Kier molecular flexibility index (Phi) is 5.76. The van der Waals surface area contributed by atoms with Crippen LogP contribution in [0.5, 0.6) is 0 Å². The number of hydrogen-bond donors (Lipinski definition) is 0. The van der Waals surface area contributed by atoms with E-state index in [0.29, 0.717) is 24.5 Å². The zero-order chi connectivity index (χ0) is 14.5. The second kappa shape index (κ2) is 7.35. The van der Waals surface area contributed by atoms with Gasteiger partial charge in [-0.1, -0.05) is 24.7 Å². The second-order valence-corrected chi connectivity index (χ2v) is 6.76. The molecule has 0 amide bonds. The van der Waals surface area contributed by atoms with E-state index in [1.54, 1.807) is 0 Å². The molecule has 0 radical (unpaired) electrons. The fraction of sp³-hybridized carbons (Fsp3) is 0.692. The third-order valence-electron chi connectivity index (χ3n) is 2.93. The van der Waals surface area contributed by atoms with Crippen molar-refractivity contribution in [2.45, 2.75) is 44.5 Å². The highest BCUT2D eigenvalue weighted by Gasteiger charge is 2.27. The van der Waals surface area contributed by atoms with Gasteiger partial charge in [0.1, 0.15) is 12.2 Å². The molecule has 110 valence electrons. The lowest BCUT2D eigenvalue weighted by molar-refractivity contribution is 0.0878. The first kappa shape index (κ1) is 15.7. The maximum atomic E-state index is 11.4. The lowest BCUT2D eigenvalue weighted by atomic mass is 10.1. The zero-order valence-corrected chi connectivity index (χ0v) is 12.7. The maximum Gasteiger partial charge on any atom is 0.306 e. The van der Waals surface area contributed by atoms with Gasteiger partial charge < -0.3 is 0 Å². The molecule has 0 saturated carbocycles. The van der Waals surface area contributed by atoms with Crippen LogP contribution in [0.25, 0.3) is 0 Å². The van der Waals surface area contributed by atoms with Crippen LogP contribution in [0.4, 0.5) is 0 Å². The van der Waals surface area contributed by atoms with E-state index >= 15 is 0 Å². The normalized spacial score (nSPS) is 41.2. The van der Waals surface area contributed by atoms with Crippen molar-refractivity contribution in [3.05, 3.63) is 0 Å². The van der Waals surface area contributed by atoms with Gasteiger partial charge in [-0.25, -0.2) is 4.21 Å². The van der Waals surface area contributed by atoms with E-state index in [1.165, 1.54) is 0 Å². The van der Waals surface area contributed by atoms with Gasteiger partial charge in [0.05, 0.1) is 11.9 Å². The Morgan fingerprint density at radius 3 is 2.70 bits per heavy atom. The molecule has 0 N–H and O–H groups in total. The highest BCUT2D eigenvalue weighted by Crippen LogP contribution is 2.20. The lowest BCUT2D eigenvalue weighted by Gasteiger charge is -2.24. The first-order chi connectivity index (χ1) is 9.56. The fourth-order valence-electron chi connectivity index (χ4n) is 2.00. The highest BCUT2D eigenvalue weighted by molar-refractivity contribution is 7.80. The van der Waals surface area contributed by atoms with E-state index in [2.05, 4.69) is 17.8 Å². The second-order valence-electron chi connectivity index (χ2n) is 4.83. The molecule has 5 nitrogen and oxygen atoms in total. The topological polar surface area (TPSA) is 61.8 Å². The van der Waals surface area contributed by atoms with Crippen molar-refractivity contribution in [3.8, 4) is 24.2 Å². The van der Waals surface area contributed by atoms with Gasteiger partial charge in [-0.15, -0.1) is 6.42 Å². The van der Waals surface area contributed by atoms with Gasteiger partial charge in [0, 0.05) is 12.8 Å². The van der Waals surface area contributed by atoms with Crippen LogP contribution in [0.1, 0.15) is 26.2 Å². The van der Waals surface area contributed by atoms with E-state index in [-0.39, 0.29) is 12.2 Å². The summed E-state index contributed by atoms with van der Waals surface area (Å²) in [6.07, 6.45) is 5.75. The molecule has 0 bridgehead atoms. The van der Waals surface area contributed by atoms with Crippen LogP contribution in [-0.2, 0) is 35.0 Å². The predicted molar refractivity (Wildman–Crippen MR) is 75.4 cm³/mol. The predicted octanol–water partition coefficient (Wildman–Crippen LogP) is 0.855. The first-order valence-corrected chi connectivity index (χ1v) is 8.57. The molecule has 2 heterocycles. The van der Waals surface area contributed by atoms with Gasteiger partial charge in [0.2, 0.25) is 0 Å². The summed E-state index contributed by atoms with van der Waals surface area (Å²) in [7, 11) is 0. The lowest BCUT2D eigenvalue weighted by Crippen LogP contribution is -2.31. The molecule has 2 fully saturated rings. The summed E-state index contributed by atoms with van der Waals surface area (Å²) in [5.74, 6) is 9.18. The number of terminal acetylenes is 1. The van der Waals surface area contributed by atoms with Crippen LogP contribution in [0.15, 0.2) is 0 Å². The summed E-state index contributed by atoms with van der Waals surface area (Å²) in [5, 5.41) is 0. The van der Waals surface area contributed by atoms with Gasteiger partial charge in [-0.3, -0.25) is 12.5 Å². The summed E-state index contributed by atoms with van der Waals surface area (Å²) in [5.41, 5.74) is 0. The highest BCUT2D eigenvalue weighted by atomic mass is 32.2. The van der Waals surface area contributed by atoms with E-state index < -0.39 is 28.5 Å². The number of rotatable bonds is 1. The number of hydrogen-bond acceptors (Lipinski definition) is 5. The Hall–Kier alpha value is -0.700. The van der Waals surface area contributed by atoms with Gasteiger partial charge in [0.15, 0.2) is 11.1 Å². The third-order valence-corrected chi connectivity index (χ3v) is 5.03. The van der Waals surface area contributed by atoms with Crippen molar-refractivity contribution in [1.82, 2.24) is 0 Å². The molecular weight excluding hydrogens is 300 g/mol. The van der Waals surface area contributed by atoms with Crippen LogP contribution in [0, 0.1) is 30.1 Å². The van der Waals surface area contributed by atoms with E-state index in [9.17, 15) is 8.42 Å². The minimum Gasteiger partial charge on any atom is -0.274 e. The van der Waals surface area contributed by atoms with Crippen LogP contribution in [0.2, 0.25) is 0 Å². The van der Waals surface area contributed by atoms with Crippen molar-refractivity contribution < 1.29 is 21.0 Å². The molecule has 7 heteroatoms. The Bertz CT molecular complexity index is 501. The molecule has 2 aliphatic heterocycles. The van der Waals surface area contributed by atoms with E-state index in [0.717, 1.165) is 6.42 Å². The summed E-state index contributed by atoms with van der Waals surface area (Å²) in [6.45, 7) is 2.03. The molecule has 0 aromatic heterocycles. The molecule has 2 aliphatic rings. The minimum absolute atomic E-state index is 0.312. The minimum atomic E-state index is -1.81. The molecular formula is C13H16O5S2. The van der Waals surface area contributed by atoms with Gasteiger partial charge in [-0.05, 0) is 12.3 Å². The van der Waals surface area contributed by atoms with E-state index in [4.69, 9.17) is 19.0 Å². The molecule has 20 heavy (non-hydrogen) atoms. The smallest absolute Gasteiger partial charge is 0.274 e. The van der Waals surface area contributed by atoms with Crippen molar-refractivity contribution in [3.63, 3.8) is 0 Å².